The zero-order chi connectivity index (χ0) is 20.4. The Bertz CT molecular complexity index is 1040. The normalized spacial score (nSPS) is 12.0. The van der Waals surface area contributed by atoms with Crippen LogP contribution in [0.15, 0.2) is 48.7 Å². The van der Waals surface area contributed by atoms with E-state index in [-0.39, 0.29) is 12.7 Å². The van der Waals surface area contributed by atoms with E-state index < -0.39 is 0 Å². The molecule has 2 aromatic carbocycles. The van der Waals surface area contributed by atoms with E-state index in [0.717, 1.165) is 22.7 Å². The van der Waals surface area contributed by atoms with Gasteiger partial charge in [0.15, 0.2) is 11.5 Å². The van der Waals surface area contributed by atoms with Crippen molar-refractivity contribution in [3.05, 3.63) is 76.6 Å². The molecule has 0 spiro atoms. The van der Waals surface area contributed by atoms with Crippen molar-refractivity contribution in [1.82, 2.24) is 10.3 Å². The number of nitrogens with zero attached hydrogens (tertiary/aromatic N) is 1. The van der Waals surface area contributed by atoms with Gasteiger partial charge in [-0.05, 0) is 61.7 Å². The Morgan fingerprint density at radius 1 is 1.00 bits per heavy atom. The summed E-state index contributed by atoms with van der Waals surface area (Å²) >= 11 is 0. The van der Waals surface area contributed by atoms with Crippen LogP contribution < -0.4 is 20.1 Å². The second-order valence-electron chi connectivity index (χ2n) is 7.20. The van der Waals surface area contributed by atoms with E-state index in [1.165, 1.54) is 16.7 Å². The Labute approximate surface area is 169 Å². The molecular formula is C23H23N3O3. The first-order chi connectivity index (χ1) is 14.0. The van der Waals surface area contributed by atoms with Gasteiger partial charge < -0.3 is 20.1 Å². The fraction of sp³-hybridized carbons (Fsp3) is 0.217. The van der Waals surface area contributed by atoms with Gasteiger partial charge in [-0.25, -0.2) is 4.98 Å². The second kappa shape index (κ2) is 7.83. The first-order valence-corrected chi connectivity index (χ1v) is 9.47. The lowest BCUT2D eigenvalue weighted by Gasteiger charge is -2.14. The average molecular weight is 389 g/mol. The molecule has 2 heterocycles. The number of nitrogens with one attached hydrogen (secondary N) is 2. The number of hydrogen-bond acceptors (Lipinski definition) is 5. The number of amides is 1. The summed E-state index contributed by atoms with van der Waals surface area (Å²) in [5.41, 5.74) is 6.80. The summed E-state index contributed by atoms with van der Waals surface area (Å²) in [5, 5.41) is 6.28. The van der Waals surface area contributed by atoms with Crippen molar-refractivity contribution in [2.75, 3.05) is 12.1 Å². The van der Waals surface area contributed by atoms with Crippen molar-refractivity contribution in [2.45, 2.75) is 27.3 Å². The third-order valence-electron chi connectivity index (χ3n) is 4.83. The molecule has 0 saturated carbocycles. The van der Waals surface area contributed by atoms with Gasteiger partial charge in [0.05, 0.1) is 11.9 Å². The minimum absolute atomic E-state index is 0.225. The van der Waals surface area contributed by atoms with Gasteiger partial charge in [-0.3, -0.25) is 4.79 Å². The van der Waals surface area contributed by atoms with Crippen LogP contribution >= 0.6 is 0 Å². The number of aryl methyl sites for hydroxylation is 3. The summed E-state index contributed by atoms with van der Waals surface area (Å²) in [6, 6.07) is 13.5. The van der Waals surface area contributed by atoms with Gasteiger partial charge in [-0.1, -0.05) is 23.8 Å². The van der Waals surface area contributed by atoms with Crippen molar-refractivity contribution in [2.24, 2.45) is 0 Å². The average Bonchev–Trinajstić information content (AvgIpc) is 3.17. The number of rotatable bonds is 5. The number of anilines is 2. The van der Waals surface area contributed by atoms with Gasteiger partial charge in [-0.15, -0.1) is 0 Å². The molecule has 0 bridgehead atoms. The molecular weight excluding hydrogens is 366 g/mol. The number of pyridine rings is 1. The minimum atomic E-state index is -0.225. The maximum absolute atomic E-state index is 12.4. The van der Waals surface area contributed by atoms with Crippen LogP contribution in [0.25, 0.3) is 0 Å². The third-order valence-corrected chi connectivity index (χ3v) is 4.83. The third kappa shape index (κ3) is 4.16. The lowest BCUT2D eigenvalue weighted by Crippen LogP contribution is -2.23. The van der Waals surface area contributed by atoms with E-state index in [2.05, 4.69) is 48.5 Å². The van der Waals surface area contributed by atoms with E-state index in [1.54, 1.807) is 12.3 Å². The second-order valence-corrected chi connectivity index (χ2v) is 7.20. The minimum Gasteiger partial charge on any atom is -0.454 e. The number of fused-ring (bicyclic) bond motifs is 1. The summed E-state index contributed by atoms with van der Waals surface area (Å²) < 4.78 is 10.7. The molecule has 29 heavy (non-hydrogen) atoms. The molecule has 1 amide bonds. The van der Waals surface area contributed by atoms with Crippen molar-refractivity contribution in [3.8, 4) is 11.5 Å². The predicted octanol–water partition coefficient (Wildman–Crippen LogP) is 4.41. The SMILES string of the molecule is Cc1cc(C)c(Nc2ccc(C(=O)NCc3ccc4c(c3)OCO4)nc2)c(C)c1. The monoisotopic (exact) mass is 389 g/mol. The fourth-order valence-corrected chi connectivity index (χ4v) is 3.45. The van der Waals surface area contributed by atoms with E-state index in [0.29, 0.717) is 18.0 Å². The lowest BCUT2D eigenvalue weighted by atomic mass is 10.0. The Balaban J connectivity index is 1.39. The van der Waals surface area contributed by atoms with E-state index >= 15 is 0 Å². The maximum Gasteiger partial charge on any atom is 0.270 e. The highest BCUT2D eigenvalue weighted by Crippen LogP contribution is 2.32. The molecule has 0 radical (unpaired) electrons. The molecule has 0 aliphatic carbocycles. The quantitative estimate of drug-likeness (QED) is 0.676. The first kappa shape index (κ1) is 18.8. The molecule has 1 aromatic heterocycles. The molecule has 0 saturated heterocycles. The largest absolute Gasteiger partial charge is 0.454 e. The summed E-state index contributed by atoms with van der Waals surface area (Å²) in [4.78, 5) is 16.7. The van der Waals surface area contributed by atoms with E-state index in [1.807, 2.05) is 24.3 Å². The van der Waals surface area contributed by atoms with E-state index in [4.69, 9.17) is 9.47 Å². The van der Waals surface area contributed by atoms with Crippen molar-refractivity contribution in [3.63, 3.8) is 0 Å². The number of hydrogen-bond donors (Lipinski definition) is 2. The van der Waals surface area contributed by atoms with Gasteiger partial charge in [0.1, 0.15) is 5.69 Å². The van der Waals surface area contributed by atoms with Crippen molar-refractivity contribution in [1.29, 1.82) is 0 Å². The number of benzene rings is 2. The number of carbonyl (C=O) groups is 1. The van der Waals surface area contributed by atoms with Crippen LogP contribution in [-0.2, 0) is 6.54 Å². The molecule has 4 rings (SSSR count). The highest BCUT2D eigenvalue weighted by Gasteiger charge is 2.14. The standard InChI is InChI=1S/C23H23N3O3/c1-14-8-15(2)22(16(3)9-14)26-18-5-6-19(24-12-18)23(27)25-11-17-4-7-20-21(10-17)29-13-28-20/h4-10,12,26H,11,13H2,1-3H3,(H,25,27). The molecule has 1 aliphatic heterocycles. The predicted molar refractivity (Wildman–Crippen MR) is 112 cm³/mol. The zero-order valence-electron chi connectivity index (χ0n) is 16.7. The highest BCUT2D eigenvalue weighted by molar-refractivity contribution is 5.92. The smallest absolute Gasteiger partial charge is 0.270 e. The van der Waals surface area contributed by atoms with Crippen LogP contribution in [0.5, 0.6) is 11.5 Å². The topological polar surface area (TPSA) is 72.5 Å². The summed E-state index contributed by atoms with van der Waals surface area (Å²) in [7, 11) is 0. The zero-order valence-corrected chi connectivity index (χ0v) is 16.7. The van der Waals surface area contributed by atoms with Crippen LogP contribution in [0.2, 0.25) is 0 Å². The molecule has 0 fully saturated rings. The van der Waals surface area contributed by atoms with Crippen LogP contribution in [-0.4, -0.2) is 17.7 Å². The Kier molecular flexibility index (Phi) is 5.08. The van der Waals surface area contributed by atoms with Gasteiger partial charge >= 0.3 is 0 Å². The van der Waals surface area contributed by atoms with Gasteiger partial charge in [0, 0.05) is 12.2 Å². The van der Waals surface area contributed by atoms with Crippen LogP contribution in [0.1, 0.15) is 32.7 Å². The van der Waals surface area contributed by atoms with Gasteiger partial charge in [0.25, 0.3) is 5.91 Å². The van der Waals surface area contributed by atoms with Crippen molar-refractivity contribution >= 4 is 17.3 Å². The summed E-state index contributed by atoms with van der Waals surface area (Å²) in [6.07, 6.45) is 1.67. The molecule has 148 valence electrons. The molecule has 0 unspecified atom stereocenters. The van der Waals surface area contributed by atoms with Crippen LogP contribution in [0.4, 0.5) is 11.4 Å². The molecule has 6 heteroatoms. The van der Waals surface area contributed by atoms with E-state index in [9.17, 15) is 4.79 Å². The van der Waals surface area contributed by atoms with Gasteiger partial charge in [-0.2, -0.15) is 0 Å². The van der Waals surface area contributed by atoms with Crippen LogP contribution in [0, 0.1) is 20.8 Å². The Morgan fingerprint density at radius 2 is 1.76 bits per heavy atom. The lowest BCUT2D eigenvalue weighted by molar-refractivity contribution is 0.0946. The number of ether oxygens (including phenoxy) is 2. The Morgan fingerprint density at radius 3 is 2.48 bits per heavy atom. The molecule has 6 nitrogen and oxygen atoms in total. The molecule has 3 aromatic rings. The molecule has 1 aliphatic rings. The molecule has 0 atom stereocenters. The fourth-order valence-electron chi connectivity index (χ4n) is 3.45. The molecule has 2 N–H and O–H groups in total. The number of aromatic nitrogens is 1. The first-order valence-electron chi connectivity index (χ1n) is 9.47. The summed E-state index contributed by atoms with van der Waals surface area (Å²) in [6.45, 7) is 6.86. The Hall–Kier alpha value is -3.54. The van der Waals surface area contributed by atoms with Crippen LogP contribution in [0.3, 0.4) is 0 Å². The number of carbonyl (C=O) groups excluding carboxylic acids is 1. The van der Waals surface area contributed by atoms with Gasteiger partial charge in [0.2, 0.25) is 6.79 Å². The summed E-state index contributed by atoms with van der Waals surface area (Å²) in [5.74, 6) is 1.20. The maximum atomic E-state index is 12.4. The van der Waals surface area contributed by atoms with Crippen molar-refractivity contribution < 1.29 is 14.3 Å². The highest BCUT2D eigenvalue weighted by atomic mass is 16.7.